The zero-order valence-corrected chi connectivity index (χ0v) is 15.6. The molecule has 0 bridgehead atoms. The smallest absolute Gasteiger partial charge is 0.322 e. The topological polar surface area (TPSA) is 236 Å². The van der Waals surface area contributed by atoms with Crippen LogP contribution in [0, 0.1) is 0 Å². The lowest BCUT2D eigenvalue weighted by Gasteiger charge is -2.17. The summed E-state index contributed by atoms with van der Waals surface area (Å²) in [6.07, 6.45) is 0.537. The second-order valence-electron chi connectivity index (χ2n) is 6.01. The van der Waals surface area contributed by atoms with Crippen molar-refractivity contribution in [3.05, 3.63) is 11.7 Å². The summed E-state index contributed by atoms with van der Waals surface area (Å²) < 4.78 is 4.93. The maximum atomic E-state index is 12.1. The van der Waals surface area contributed by atoms with E-state index in [4.69, 9.17) is 26.2 Å². The first-order chi connectivity index (χ1) is 13.7. The minimum atomic E-state index is -1.25. The lowest BCUT2D eigenvalue weighted by Crippen LogP contribution is -2.50. The molecule has 0 aliphatic rings. The molecular formula is C15H25N7O7. The summed E-state index contributed by atoms with van der Waals surface area (Å²) in [7, 11) is 0. The molecule has 0 saturated heterocycles. The molecule has 162 valence electrons. The van der Waals surface area contributed by atoms with Gasteiger partial charge in [-0.2, -0.15) is 4.98 Å². The van der Waals surface area contributed by atoms with Gasteiger partial charge in [-0.15, -0.1) is 0 Å². The lowest BCUT2D eigenvalue weighted by molar-refractivity contribution is -0.138. The summed E-state index contributed by atoms with van der Waals surface area (Å²) in [6, 6.07) is -2.44. The average molecular weight is 415 g/mol. The zero-order chi connectivity index (χ0) is 21.8. The molecule has 0 aromatic carbocycles. The number of carboxylic acids is 1. The molecule has 0 unspecified atom stereocenters. The van der Waals surface area contributed by atoms with Crippen molar-refractivity contribution in [2.75, 3.05) is 13.2 Å². The van der Waals surface area contributed by atoms with Gasteiger partial charge in [-0.05, 0) is 19.3 Å². The maximum Gasteiger partial charge on any atom is 0.322 e. The second-order valence-corrected chi connectivity index (χ2v) is 6.01. The van der Waals surface area contributed by atoms with Crippen LogP contribution in [0.5, 0.6) is 0 Å². The maximum absolute atomic E-state index is 12.1. The molecule has 0 saturated carbocycles. The number of nitrogens with two attached hydrogens (primary N) is 2. The number of nitrogens with zero attached hydrogens (tertiary/aromatic N) is 2. The molecular weight excluding hydrogens is 390 g/mol. The molecule has 0 fully saturated rings. The second kappa shape index (κ2) is 12.2. The van der Waals surface area contributed by atoms with E-state index in [0.717, 1.165) is 0 Å². The van der Waals surface area contributed by atoms with Crippen LogP contribution in [-0.4, -0.2) is 63.4 Å². The van der Waals surface area contributed by atoms with Gasteiger partial charge < -0.3 is 42.2 Å². The van der Waals surface area contributed by atoms with Crippen LogP contribution in [0.25, 0.3) is 0 Å². The van der Waals surface area contributed by atoms with E-state index in [1.165, 1.54) is 0 Å². The number of primary amides is 1. The van der Waals surface area contributed by atoms with Crippen LogP contribution in [0.1, 0.15) is 43.4 Å². The Morgan fingerprint density at radius 1 is 1.17 bits per heavy atom. The van der Waals surface area contributed by atoms with Gasteiger partial charge in [0.15, 0.2) is 5.82 Å². The monoisotopic (exact) mass is 415 g/mol. The minimum Gasteiger partial charge on any atom is -0.480 e. The number of urea groups is 1. The van der Waals surface area contributed by atoms with E-state index in [1.54, 1.807) is 0 Å². The van der Waals surface area contributed by atoms with Crippen molar-refractivity contribution in [3.8, 4) is 0 Å². The van der Waals surface area contributed by atoms with Crippen LogP contribution < -0.4 is 27.4 Å². The highest BCUT2D eigenvalue weighted by atomic mass is 16.5. The molecule has 1 aromatic rings. The standard InChI is InChI=1S/C15H25N7O7/c16-8(4-5-23)13-21-11(29-22-13)6-19-15(28)20-9(2-1-3-10(17)24)14(27)18-7-12(25)26/h8-9,23H,1-7,16H2,(H2,17,24)(H,18,27)(H,25,26)(H2,19,20,28)/t8-,9-/m0/s1. The summed E-state index contributed by atoms with van der Waals surface area (Å²) in [5.74, 6) is -2.30. The third-order valence-electron chi connectivity index (χ3n) is 3.61. The molecule has 1 rings (SSSR count). The predicted molar refractivity (Wildman–Crippen MR) is 95.8 cm³/mol. The molecule has 0 aliphatic carbocycles. The van der Waals surface area contributed by atoms with E-state index in [2.05, 4.69) is 26.1 Å². The molecule has 0 aliphatic heterocycles. The predicted octanol–water partition coefficient (Wildman–Crippen LogP) is -2.52. The van der Waals surface area contributed by atoms with Gasteiger partial charge in [0, 0.05) is 13.0 Å². The summed E-state index contributed by atoms with van der Waals surface area (Å²) in [4.78, 5) is 49.5. The fourth-order valence-corrected chi connectivity index (χ4v) is 2.16. The van der Waals surface area contributed by atoms with Crippen molar-refractivity contribution in [2.45, 2.75) is 44.3 Å². The highest BCUT2D eigenvalue weighted by molar-refractivity contribution is 5.89. The number of carbonyl (C=O) groups excluding carboxylic acids is 3. The summed E-state index contributed by atoms with van der Waals surface area (Å²) in [6.45, 7) is -0.921. The van der Waals surface area contributed by atoms with Gasteiger partial charge in [0.2, 0.25) is 17.7 Å². The van der Waals surface area contributed by atoms with E-state index >= 15 is 0 Å². The zero-order valence-electron chi connectivity index (χ0n) is 15.6. The van der Waals surface area contributed by atoms with Crippen molar-refractivity contribution < 1.29 is 33.9 Å². The Bertz CT molecular complexity index is 709. The van der Waals surface area contributed by atoms with Gasteiger partial charge in [0.05, 0.1) is 12.6 Å². The number of rotatable bonds is 13. The van der Waals surface area contributed by atoms with Gasteiger partial charge in [-0.1, -0.05) is 5.16 Å². The Morgan fingerprint density at radius 2 is 1.90 bits per heavy atom. The Balaban J connectivity index is 2.58. The van der Waals surface area contributed by atoms with Gasteiger partial charge in [0.25, 0.3) is 0 Å². The van der Waals surface area contributed by atoms with E-state index in [-0.39, 0.29) is 50.6 Å². The highest BCUT2D eigenvalue weighted by Gasteiger charge is 2.22. The Hall–Kier alpha value is -3.26. The fourth-order valence-electron chi connectivity index (χ4n) is 2.16. The molecule has 0 spiro atoms. The van der Waals surface area contributed by atoms with Crippen LogP contribution in [-0.2, 0) is 20.9 Å². The molecule has 1 heterocycles. The Labute approximate surface area is 165 Å². The summed E-state index contributed by atoms with van der Waals surface area (Å²) in [5, 5.41) is 28.1. The quantitative estimate of drug-likeness (QED) is 0.178. The van der Waals surface area contributed by atoms with Gasteiger partial charge in [0.1, 0.15) is 12.6 Å². The summed E-state index contributed by atoms with van der Waals surface area (Å²) in [5.41, 5.74) is 10.8. The van der Waals surface area contributed by atoms with Crippen molar-refractivity contribution in [1.82, 2.24) is 26.1 Å². The van der Waals surface area contributed by atoms with Crippen molar-refractivity contribution in [1.29, 1.82) is 0 Å². The van der Waals surface area contributed by atoms with Gasteiger partial charge >= 0.3 is 12.0 Å². The van der Waals surface area contributed by atoms with Crippen LogP contribution in [0.4, 0.5) is 4.79 Å². The molecule has 1 aromatic heterocycles. The molecule has 14 heteroatoms. The average Bonchev–Trinajstić information content (AvgIpc) is 3.12. The number of aliphatic hydroxyl groups is 1. The fraction of sp³-hybridized carbons (Fsp3) is 0.600. The van der Waals surface area contributed by atoms with E-state index in [9.17, 15) is 19.2 Å². The molecule has 2 atom stereocenters. The number of aliphatic carboxylic acids is 1. The number of carbonyl (C=O) groups is 4. The Kier molecular flexibility index (Phi) is 10.0. The van der Waals surface area contributed by atoms with E-state index in [1.807, 2.05) is 0 Å². The van der Waals surface area contributed by atoms with Crippen molar-refractivity contribution >= 4 is 23.8 Å². The first-order valence-corrected chi connectivity index (χ1v) is 8.74. The third-order valence-corrected chi connectivity index (χ3v) is 3.61. The first kappa shape index (κ1) is 23.8. The molecule has 9 N–H and O–H groups in total. The SMILES string of the molecule is NC(=O)CCC[C@H](NC(=O)NCc1nc([C@@H](N)CCO)no1)C(=O)NCC(=O)O. The van der Waals surface area contributed by atoms with Crippen LogP contribution >= 0.6 is 0 Å². The minimum absolute atomic E-state index is 0.00483. The number of hydrogen-bond acceptors (Lipinski definition) is 9. The molecule has 29 heavy (non-hydrogen) atoms. The number of hydrogen-bond donors (Lipinski definition) is 7. The Morgan fingerprint density at radius 3 is 2.52 bits per heavy atom. The van der Waals surface area contributed by atoms with Crippen LogP contribution in [0.2, 0.25) is 0 Å². The lowest BCUT2D eigenvalue weighted by atomic mass is 10.1. The number of amides is 4. The molecule has 4 amide bonds. The van der Waals surface area contributed by atoms with E-state index < -0.39 is 42.4 Å². The number of aliphatic hydroxyl groups excluding tert-OH is 1. The molecule has 14 nitrogen and oxygen atoms in total. The highest BCUT2D eigenvalue weighted by Crippen LogP contribution is 2.09. The van der Waals surface area contributed by atoms with Gasteiger partial charge in [-0.3, -0.25) is 14.4 Å². The van der Waals surface area contributed by atoms with Crippen molar-refractivity contribution in [2.24, 2.45) is 11.5 Å². The normalized spacial score (nSPS) is 12.6. The molecule has 0 radical (unpaired) electrons. The van der Waals surface area contributed by atoms with Gasteiger partial charge in [-0.25, -0.2) is 4.79 Å². The number of aromatic nitrogens is 2. The van der Waals surface area contributed by atoms with Crippen LogP contribution in [0.3, 0.4) is 0 Å². The largest absolute Gasteiger partial charge is 0.480 e. The number of nitrogens with one attached hydrogen (secondary N) is 3. The first-order valence-electron chi connectivity index (χ1n) is 8.74. The number of carboxylic acid groups (broad SMARTS) is 1. The van der Waals surface area contributed by atoms with Crippen molar-refractivity contribution in [3.63, 3.8) is 0 Å². The van der Waals surface area contributed by atoms with E-state index in [0.29, 0.717) is 0 Å². The van der Waals surface area contributed by atoms with Crippen LogP contribution in [0.15, 0.2) is 4.52 Å². The third kappa shape index (κ3) is 9.48. The summed E-state index contributed by atoms with van der Waals surface area (Å²) >= 11 is 0.